The van der Waals surface area contributed by atoms with Crippen LogP contribution in [0.1, 0.15) is 35.4 Å². The molecule has 5 nitrogen and oxygen atoms in total. The molecule has 1 aromatic heterocycles. The van der Waals surface area contributed by atoms with Gasteiger partial charge in [0, 0.05) is 44.3 Å². The van der Waals surface area contributed by atoms with E-state index in [2.05, 4.69) is 52.3 Å². The number of hydrogen-bond donors (Lipinski definition) is 0. The number of rotatable bonds is 6. The predicted molar refractivity (Wildman–Crippen MR) is 137 cm³/mol. The van der Waals surface area contributed by atoms with Crippen molar-refractivity contribution in [2.45, 2.75) is 31.7 Å². The molecule has 3 aromatic carbocycles. The molecule has 2 heterocycles. The Morgan fingerprint density at radius 1 is 0.914 bits per heavy atom. The quantitative estimate of drug-likeness (QED) is 0.396. The molecule has 4 aromatic rings. The Balaban J connectivity index is 1.12. The van der Waals surface area contributed by atoms with Crippen molar-refractivity contribution in [1.29, 1.82) is 0 Å². The molecule has 0 bridgehead atoms. The van der Waals surface area contributed by atoms with Crippen molar-refractivity contribution in [2.24, 2.45) is 0 Å². The van der Waals surface area contributed by atoms with Crippen molar-refractivity contribution in [3.8, 4) is 0 Å². The van der Waals surface area contributed by atoms with Gasteiger partial charge in [-0.1, -0.05) is 30.3 Å². The van der Waals surface area contributed by atoms with Gasteiger partial charge < -0.3 is 9.32 Å². The van der Waals surface area contributed by atoms with Crippen molar-refractivity contribution in [1.82, 2.24) is 9.47 Å². The minimum absolute atomic E-state index is 0.199. The predicted octanol–water partition coefficient (Wildman–Crippen LogP) is 5.02. The highest BCUT2D eigenvalue weighted by Gasteiger charge is 2.26. The van der Waals surface area contributed by atoms with E-state index in [1.165, 1.54) is 28.8 Å². The largest absolute Gasteiger partial charge is 0.419 e. The van der Waals surface area contributed by atoms with Crippen LogP contribution in [0, 0.1) is 5.82 Å². The van der Waals surface area contributed by atoms with E-state index >= 15 is 0 Å². The molecule has 1 saturated heterocycles. The first kappa shape index (κ1) is 22.1. The van der Waals surface area contributed by atoms with Crippen LogP contribution in [0.25, 0.3) is 11.1 Å². The van der Waals surface area contributed by atoms with Gasteiger partial charge >= 0.3 is 5.76 Å². The fourth-order valence-electron chi connectivity index (χ4n) is 5.74. The number of oxazole rings is 1. The lowest BCUT2D eigenvalue weighted by Gasteiger charge is -2.36. The van der Waals surface area contributed by atoms with Crippen molar-refractivity contribution in [3.05, 3.63) is 99.8 Å². The van der Waals surface area contributed by atoms with Crippen LogP contribution in [0.4, 0.5) is 10.1 Å². The number of aryl methyl sites for hydroxylation is 2. The minimum Gasteiger partial charge on any atom is -0.408 e. The lowest BCUT2D eigenvalue weighted by atomic mass is 9.93. The molecule has 0 N–H and O–H groups in total. The summed E-state index contributed by atoms with van der Waals surface area (Å²) in [5.41, 5.74) is 6.65. The number of anilines is 1. The Hall–Kier alpha value is -3.38. The molecular formula is C29H30FN3O2. The molecule has 1 atom stereocenters. The number of benzene rings is 3. The summed E-state index contributed by atoms with van der Waals surface area (Å²) in [6.45, 7) is 5.36. The molecule has 0 radical (unpaired) electrons. The lowest BCUT2D eigenvalue weighted by Crippen LogP contribution is -2.46. The van der Waals surface area contributed by atoms with E-state index < -0.39 is 0 Å². The summed E-state index contributed by atoms with van der Waals surface area (Å²) in [6.07, 6.45) is 3.01. The molecule has 35 heavy (non-hydrogen) atoms. The molecule has 6 heteroatoms. The molecule has 0 amide bonds. The topological polar surface area (TPSA) is 41.6 Å². The lowest BCUT2D eigenvalue weighted by molar-refractivity contribution is 0.250. The number of halogens is 1. The van der Waals surface area contributed by atoms with E-state index in [4.69, 9.17) is 4.42 Å². The van der Waals surface area contributed by atoms with Crippen molar-refractivity contribution < 1.29 is 8.81 Å². The van der Waals surface area contributed by atoms with Gasteiger partial charge in [0.05, 0.1) is 5.52 Å². The van der Waals surface area contributed by atoms with Crippen LogP contribution in [-0.2, 0) is 13.0 Å². The fourth-order valence-corrected chi connectivity index (χ4v) is 5.74. The Bertz CT molecular complexity index is 1370. The highest BCUT2D eigenvalue weighted by atomic mass is 19.1. The van der Waals surface area contributed by atoms with Gasteiger partial charge in [0.2, 0.25) is 0 Å². The third kappa shape index (κ3) is 4.39. The first-order valence-corrected chi connectivity index (χ1v) is 12.6. The second-order valence-electron chi connectivity index (χ2n) is 9.70. The van der Waals surface area contributed by atoms with Crippen LogP contribution in [-0.4, -0.2) is 42.2 Å². The number of nitrogens with zero attached hydrogens (tertiary/aromatic N) is 3. The average Bonchev–Trinajstić information content (AvgIpc) is 3.44. The first-order chi connectivity index (χ1) is 17.2. The number of aromatic nitrogens is 1. The monoisotopic (exact) mass is 471 g/mol. The number of piperazine rings is 1. The molecule has 1 fully saturated rings. The van der Waals surface area contributed by atoms with E-state index in [1.807, 2.05) is 16.7 Å². The van der Waals surface area contributed by atoms with Gasteiger partial charge in [-0.15, -0.1) is 0 Å². The maximum absolute atomic E-state index is 13.2. The van der Waals surface area contributed by atoms with Crippen LogP contribution < -0.4 is 10.7 Å². The van der Waals surface area contributed by atoms with Crippen LogP contribution >= 0.6 is 0 Å². The van der Waals surface area contributed by atoms with Crippen molar-refractivity contribution >= 4 is 16.8 Å². The third-order valence-electron chi connectivity index (χ3n) is 7.63. The highest BCUT2D eigenvalue weighted by Crippen LogP contribution is 2.39. The zero-order chi connectivity index (χ0) is 23.8. The standard InChI is InChI=1S/C29H30FN3O2/c30-23-8-10-24(11-9-23)32-17-15-31(16-18-32)13-4-14-33-27-20-26-22(19-28(27)35-29(33)34)7-12-25(26)21-5-2-1-3-6-21/h1-3,5-6,8-11,19-20,25H,4,7,12-18H2. The fraction of sp³-hybridized carbons (Fsp3) is 0.345. The summed E-state index contributed by atoms with van der Waals surface area (Å²) in [7, 11) is 0. The summed E-state index contributed by atoms with van der Waals surface area (Å²) >= 11 is 0. The Morgan fingerprint density at radius 3 is 2.46 bits per heavy atom. The number of fused-ring (bicyclic) bond motifs is 2. The smallest absolute Gasteiger partial charge is 0.408 e. The van der Waals surface area contributed by atoms with Gasteiger partial charge in [0.15, 0.2) is 5.58 Å². The van der Waals surface area contributed by atoms with E-state index in [0.29, 0.717) is 18.0 Å². The van der Waals surface area contributed by atoms with Gasteiger partial charge in [-0.2, -0.15) is 0 Å². The van der Waals surface area contributed by atoms with Crippen LogP contribution in [0.15, 0.2) is 75.9 Å². The van der Waals surface area contributed by atoms with Gasteiger partial charge in [-0.3, -0.25) is 9.47 Å². The summed E-state index contributed by atoms with van der Waals surface area (Å²) in [5.74, 6) is -0.0811. The SMILES string of the molecule is O=c1oc2cc3c(cc2n1CCCN1CCN(c2ccc(F)cc2)CC1)C(c1ccccc1)CC3. The van der Waals surface area contributed by atoms with E-state index in [1.54, 1.807) is 0 Å². The Kier molecular flexibility index (Phi) is 5.90. The summed E-state index contributed by atoms with van der Waals surface area (Å²) in [5, 5.41) is 0. The second kappa shape index (κ2) is 9.34. The van der Waals surface area contributed by atoms with E-state index in [0.717, 1.165) is 63.2 Å². The first-order valence-electron chi connectivity index (χ1n) is 12.6. The van der Waals surface area contributed by atoms with Gasteiger partial charge in [-0.05, 0) is 78.9 Å². The molecule has 1 aliphatic heterocycles. The van der Waals surface area contributed by atoms with Crippen LogP contribution in [0.3, 0.4) is 0 Å². The van der Waals surface area contributed by atoms with Gasteiger partial charge in [-0.25, -0.2) is 9.18 Å². The van der Waals surface area contributed by atoms with Crippen LogP contribution in [0.5, 0.6) is 0 Å². The summed E-state index contributed by atoms with van der Waals surface area (Å²) in [6, 6.07) is 21.7. The summed E-state index contributed by atoms with van der Waals surface area (Å²) in [4.78, 5) is 17.4. The van der Waals surface area contributed by atoms with Crippen LogP contribution in [0.2, 0.25) is 0 Å². The molecule has 6 rings (SSSR count). The Morgan fingerprint density at radius 2 is 1.69 bits per heavy atom. The Labute approximate surface area is 204 Å². The second-order valence-corrected chi connectivity index (χ2v) is 9.70. The third-order valence-corrected chi connectivity index (χ3v) is 7.63. The maximum atomic E-state index is 13.2. The van der Waals surface area contributed by atoms with Gasteiger partial charge in [0.1, 0.15) is 5.82 Å². The molecule has 0 spiro atoms. The van der Waals surface area contributed by atoms with E-state index in [9.17, 15) is 9.18 Å². The molecule has 180 valence electrons. The molecular weight excluding hydrogens is 441 g/mol. The molecule has 2 aliphatic rings. The highest BCUT2D eigenvalue weighted by molar-refractivity contribution is 5.76. The minimum atomic E-state index is -0.263. The van der Waals surface area contributed by atoms with E-state index in [-0.39, 0.29) is 11.6 Å². The molecule has 0 saturated carbocycles. The maximum Gasteiger partial charge on any atom is 0.419 e. The molecule has 1 aliphatic carbocycles. The zero-order valence-electron chi connectivity index (χ0n) is 19.8. The van der Waals surface area contributed by atoms with Crippen molar-refractivity contribution in [3.63, 3.8) is 0 Å². The normalized spacial score (nSPS) is 18.3. The average molecular weight is 472 g/mol. The number of hydrogen-bond acceptors (Lipinski definition) is 4. The molecule has 1 unspecified atom stereocenters. The summed E-state index contributed by atoms with van der Waals surface area (Å²) < 4.78 is 20.7. The van der Waals surface area contributed by atoms with Gasteiger partial charge in [0.25, 0.3) is 0 Å². The van der Waals surface area contributed by atoms with Crippen molar-refractivity contribution in [2.75, 3.05) is 37.6 Å². The zero-order valence-corrected chi connectivity index (χ0v) is 19.8.